The molecule has 1 aromatic heterocycles. The van der Waals surface area contributed by atoms with E-state index in [9.17, 15) is 0 Å². The molecular weight excluding hydrogens is 246 g/mol. The van der Waals surface area contributed by atoms with Gasteiger partial charge in [0, 0.05) is 17.8 Å². The molecule has 106 valence electrons. The summed E-state index contributed by atoms with van der Waals surface area (Å²) in [6.07, 6.45) is 5.68. The van der Waals surface area contributed by atoms with Crippen LogP contribution in [0.2, 0.25) is 0 Å². The number of aromatic nitrogens is 2. The van der Waals surface area contributed by atoms with Crippen LogP contribution in [0.3, 0.4) is 0 Å². The first kappa shape index (κ1) is 13.4. The number of rotatable bonds is 3. The van der Waals surface area contributed by atoms with E-state index in [-0.39, 0.29) is 0 Å². The van der Waals surface area contributed by atoms with Crippen LogP contribution in [0, 0.1) is 11.8 Å². The molecule has 2 aromatic rings. The fourth-order valence-corrected chi connectivity index (χ4v) is 3.47. The highest BCUT2D eigenvalue weighted by molar-refractivity contribution is 5.33. The topological polar surface area (TPSA) is 43.8 Å². The van der Waals surface area contributed by atoms with Crippen molar-refractivity contribution in [3.05, 3.63) is 48.3 Å². The molecular formula is C17H23N3. The fraction of sp³-hybridized carbons (Fsp3) is 0.471. The number of benzene rings is 1. The molecule has 1 aliphatic carbocycles. The normalized spacial score (nSPS) is 26.6. The molecule has 3 unspecified atom stereocenters. The van der Waals surface area contributed by atoms with Crippen molar-refractivity contribution in [3.8, 4) is 5.69 Å². The van der Waals surface area contributed by atoms with E-state index in [2.05, 4.69) is 47.0 Å². The maximum atomic E-state index is 6.00. The van der Waals surface area contributed by atoms with Crippen LogP contribution in [0.25, 0.3) is 5.69 Å². The van der Waals surface area contributed by atoms with Crippen LogP contribution in [-0.4, -0.2) is 16.3 Å². The molecule has 0 aliphatic heterocycles. The number of nitrogens with two attached hydrogens (primary N) is 1. The predicted octanol–water partition coefficient (Wildman–Crippen LogP) is 3.35. The van der Waals surface area contributed by atoms with E-state index in [0.29, 0.717) is 11.8 Å². The van der Waals surface area contributed by atoms with Crippen LogP contribution in [0.5, 0.6) is 0 Å². The highest BCUT2D eigenvalue weighted by atomic mass is 15.3. The average Bonchev–Trinajstić information content (AvgIpc) is 2.97. The van der Waals surface area contributed by atoms with Gasteiger partial charge >= 0.3 is 0 Å². The molecule has 1 aliphatic rings. The summed E-state index contributed by atoms with van der Waals surface area (Å²) in [6, 6.07) is 12.5. The summed E-state index contributed by atoms with van der Waals surface area (Å²) >= 11 is 0. The first-order valence-corrected chi connectivity index (χ1v) is 7.59. The zero-order chi connectivity index (χ0) is 13.9. The lowest BCUT2D eigenvalue weighted by molar-refractivity contribution is 0.247. The summed E-state index contributed by atoms with van der Waals surface area (Å²) in [5.74, 6) is 1.90. The van der Waals surface area contributed by atoms with Gasteiger partial charge in [0.1, 0.15) is 0 Å². The molecule has 3 atom stereocenters. The predicted molar refractivity (Wildman–Crippen MR) is 81.9 cm³/mol. The second kappa shape index (κ2) is 5.80. The van der Waals surface area contributed by atoms with Gasteiger partial charge in [0.05, 0.1) is 5.69 Å². The van der Waals surface area contributed by atoms with Crippen molar-refractivity contribution in [3.63, 3.8) is 0 Å². The van der Waals surface area contributed by atoms with Crippen LogP contribution in [-0.2, 0) is 0 Å². The van der Waals surface area contributed by atoms with Gasteiger partial charge < -0.3 is 5.73 Å². The molecule has 0 saturated heterocycles. The maximum absolute atomic E-state index is 6.00. The summed E-state index contributed by atoms with van der Waals surface area (Å²) in [7, 11) is 0. The Morgan fingerprint density at radius 2 is 2.00 bits per heavy atom. The second-order valence-corrected chi connectivity index (χ2v) is 6.02. The first-order chi connectivity index (χ1) is 9.79. The van der Waals surface area contributed by atoms with Crippen molar-refractivity contribution in [1.29, 1.82) is 0 Å². The molecule has 0 radical (unpaired) electrons. The third kappa shape index (κ3) is 2.50. The molecule has 20 heavy (non-hydrogen) atoms. The second-order valence-electron chi connectivity index (χ2n) is 6.02. The Hall–Kier alpha value is -1.61. The minimum absolute atomic E-state index is 0.534. The lowest BCUT2D eigenvalue weighted by Crippen LogP contribution is -2.29. The standard InChI is InChI=1S/C17H23N3/c1-13-7-8-14(12-18)16(11-13)17-9-10-19-20(17)15-5-3-2-4-6-15/h2-6,9-10,13-14,16H,7-8,11-12,18H2,1H3. The largest absolute Gasteiger partial charge is 0.330 e. The number of para-hydroxylation sites is 1. The number of hydrogen-bond acceptors (Lipinski definition) is 2. The summed E-state index contributed by atoms with van der Waals surface area (Å²) in [4.78, 5) is 0. The highest BCUT2D eigenvalue weighted by Gasteiger charge is 2.31. The first-order valence-electron chi connectivity index (χ1n) is 7.59. The Morgan fingerprint density at radius 1 is 1.20 bits per heavy atom. The van der Waals surface area contributed by atoms with Gasteiger partial charge in [-0.25, -0.2) is 4.68 Å². The van der Waals surface area contributed by atoms with E-state index in [1.807, 2.05) is 12.3 Å². The van der Waals surface area contributed by atoms with Crippen molar-refractivity contribution in [2.75, 3.05) is 6.54 Å². The lowest BCUT2D eigenvalue weighted by atomic mass is 9.73. The van der Waals surface area contributed by atoms with Crippen LogP contribution >= 0.6 is 0 Å². The molecule has 1 heterocycles. The fourth-order valence-electron chi connectivity index (χ4n) is 3.47. The van der Waals surface area contributed by atoms with Gasteiger partial charge in [0.15, 0.2) is 0 Å². The van der Waals surface area contributed by atoms with Crippen molar-refractivity contribution in [1.82, 2.24) is 9.78 Å². The third-order valence-corrected chi connectivity index (χ3v) is 4.61. The molecule has 3 heteroatoms. The molecule has 0 amide bonds. The third-order valence-electron chi connectivity index (χ3n) is 4.61. The van der Waals surface area contributed by atoms with E-state index >= 15 is 0 Å². The van der Waals surface area contributed by atoms with E-state index in [4.69, 9.17) is 5.73 Å². The van der Waals surface area contributed by atoms with Gasteiger partial charge in [-0.2, -0.15) is 5.10 Å². The van der Waals surface area contributed by atoms with E-state index < -0.39 is 0 Å². The lowest BCUT2D eigenvalue weighted by Gasteiger charge is -2.34. The van der Waals surface area contributed by atoms with Gasteiger partial charge in [0.25, 0.3) is 0 Å². The Morgan fingerprint density at radius 3 is 2.75 bits per heavy atom. The van der Waals surface area contributed by atoms with E-state index in [1.165, 1.54) is 25.0 Å². The van der Waals surface area contributed by atoms with Gasteiger partial charge in [-0.05, 0) is 49.4 Å². The summed E-state index contributed by atoms with van der Waals surface area (Å²) in [5, 5.41) is 4.53. The van der Waals surface area contributed by atoms with Crippen molar-refractivity contribution in [2.45, 2.75) is 32.1 Å². The summed E-state index contributed by atoms with van der Waals surface area (Å²) in [5.41, 5.74) is 8.46. The maximum Gasteiger partial charge on any atom is 0.0648 e. The van der Waals surface area contributed by atoms with Crippen LogP contribution in [0.4, 0.5) is 0 Å². The van der Waals surface area contributed by atoms with Crippen molar-refractivity contribution in [2.24, 2.45) is 17.6 Å². The van der Waals surface area contributed by atoms with Gasteiger partial charge in [-0.15, -0.1) is 0 Å². The molecule has 1 aromatic carbocycles. The number of nitrogens with zero attached hydrogens (tertiary/aromatic N) is 2. The SMILES string of the molecule is CC1CCC(CN)C(c2ccnn2-c2ccccc2)C1. The van der Waals surface area contributed by atoms with Crippen LogP contribution < -0.4 is 5.73 Å². The molecule has 3 rings (SSSR count). The Bertz CT molecular complexity index is 546. The zero-order valence-corrected chi connectivity index (χ0v) is 12.1. The molecule has 3 nitrogen and oxygen atoms in total. The quantitative estimate of drug-likeness (QED) is 0.928. The summed E-state index contributed by atoms with van der Waals surface area (Å²) in [6.45, 7) is 3.13. The van der Waals surface area contributed by atoms with Gasteiger partial charge in [-0.1, -0.05) is 31.5 Å². The minimum atomic E-state index is 0.534. The van der Waals surface area contributed by atoms with E-state index in [1.54, 1.807) is 0 Å². The Labute approximate surface area is 120 Å². The molecule has 2 N–H and O–H groups in total. The number of hydrogen-bond donors (Lipinski definition) is 1. The van der Waals surface area contributed by atoms with Crippen molar-refractivity contribution < 1.29 is 0 Å². The highest BCUT2D eigenvalue weighted by Crippen LogP contribution is 2.40. The molecule has 1 fully saturated rings. The smallest absolute Gasteiger partial charge is 0.0648 e. The summed E-state index contributed by atoms with van der Waals surface area (Å²) < 4.78 is 2.09. The Balaban J connectivity index is 1.96. The van der Waals surface area contributed by atoms with Gasteiger partial charge in [0.2, 0.25) is 0 Å². The molecule has 0 bridgehead atoms. The van der Waals surface area contributed by atoms with Crippen LogP contribution in [0.1, 0.15) is 37.8 Å². The monoisotopic (exact) mass is 269 g/mol. The zero-order valence-electron chi connectivity index (χ0n) is 12.1. The van der Waals surface area contributed by atoms with Gasteiger partial charge in [-0.3, -0.25) is 0 Å². The van der Waals surface area contributed by atoms with E-state index in [0.717, 1.165) is 18.2 Å². The molecule has 1 saturated carbocycles. The van der Waals surface area contributed by atoms with Crippen LogP contribution in [0.15, 0.2) is 42.6 Å². The van der Waals surface area contributed by atoms with Crippen molar-refractivity contribution >= 4 is 0 Å². The average molecular weight is 269 g/mol. The molecule has 0 spiro atoms. The Kier molecular flexibility index (Phi) is 3.88. The minimum Gasteiger partial charge on any atom is -0.330 e.